The van der Waals surface area contributed by atoms with Crippen LogP contribution in [0.2, 0.25) is 0 Å². The van der Waals surface area contributed by atoms with Crippen LogP contribution < -0.4 is 4.31 Å². The van der Waals surface area contributed by atoms with Gasteiger partial charge in [-0.25, -0.2) is 17.6 Å². The van der Waals surface area contributed by atoms with E-state index < -0.39 is 34.2 Å². The molecule has 3 aromatic carbocycles. The molecule has 0 saturated carbocycles. The lowest BCUT2D eigenvalue weighted by molar-refractivity contribution is 0.0474. The molecule has 6 nitrogen and oxygen atoms in total. The second-order valence-electron chi connectivity index (χ2n) is 7.30. The summed E-state index contributed by atoms with van der Waals surface area (Å²) in [7, 11) is -3.94. The number of carbonyl (C=O) groups is 2. The summed E-state index contributed by atoms with van der Waals surface area (Å²) in [4.78, 5) is 24.6. The van der Waals surface area contributed by atoms with Crippen LogP contribution in [-0.2, 0) is 14.8 Å². The minimum Gasteiger partial charge on any atom is -0.454 e. The Labute approximate surface area is 192 Å². The number of halogens is 1. The van der Waals surface area contributed by atoms with Gasteiger partial charge in [-0.05, 0) is 61.0 Å². The summed E-state index contributed by atoms with van der Waals surface area (Å²) >= 11 is 0. The van der Waals surface area contributed by atoms with E-state index in [4.69, 9.17) is 4.74 Å². The van der Waals surface area contributed by atoms with Crippen molar-refractivity contribution in [3.05, 3.63) is 95.8 Å². The van der Waals surface area contributed by atoms with Crippen molar-refractivity contribution in [1.82, 2.24) is 0 Å². The van der Waals surface area contributed by atoms with E-state index in [-0.39, 0.29) is 16.0 Å². The monoisotopic (exact) mass is 469 g/mol. The fourth-order valence-corrected chi connectivity index (χ4v) is 4.68. The number of hydrogen-bond acceptors (Lipinski definition) is 5. The first-order chi connectivity index (χ1) is 15.8. The largest absolute Gasteiger partial charge is 0.454 e. The van der Waals surface area contributed by atoms with Crippen LogP contribution in [-0.4, -0.2) is 33.3 Å². The normalized spacial score (nSPS) is 11.1. The van der Waals surface area contributed by atoms with E-state index in [1.54, 1.807) is 30.3 Å². The van der Waals surface area contributed by atoms with E-state index in [2.05, 4.69) is 0 Å². The number of benzene rings is 3. The first kappa shape index (κ1) is 24.1. The number of carbonyl (C=O) groups excluding carboxylic acids is 2. The quantitative estimate of drug-likeness (QED) is 0.313. The van der Waals surface area contributed by atoms with Gasteiger partial charge in [-0.2, -0.15) is 0 Å². The second-order valence-corrected chi connectivity index (χ2v) is 9.16. The Bertz CT molecular complexity index is 1210. The van der Waals surface area contributed by atoms with E-state index in [1.165, 1.54) is 40.7 Å². The highest BCUT2D eigenvalue weighted by Crippen LogP contribution is 2.25. The molecule has 0 unspecified atom stereocenters. The number of Topliss-reactive ketones (excluding diaryl/α,β-unsaturated/α-hetero) is 1. The van der Waals surface area contributed by atoms with Gasteiger partial charge >= 0.3 is 5.97 Å². The lowest BCUT2D eigenvalue weighted by atomic mass is 10.1. The number of unbranched alkanes of at least 4 members (excludes halogenated alkanes) is 1. The van der Waals surface area contributed by atoms with Crippen LogP contribution in [0.15, 0.2) is 83.8 Å². The number of hydrogen-bond donors (Lipinski definition) is 0. The Morgan fingerprint density at radius 2 is 1.61 bits per heavy atom. The predicted octanol–water partition coefficient (Wildman–Crippen LogP) is 4.86. The van der Waals surface area contributed by atoms with Gasteiger partial charge in [0.15, 0.2) is 12.4 Å². The molecule has 0 atom stereocenters. The number of esters is 1. The molecular formula is C25H24FNO5S. The highest BCUT2D eigenvalue weighted by molar-refractivity contribution is 7.92. The first-order valence-corrected chi connectivity index (χ1v) is 11.9. The number of anilines is 1. The van der Waals surface area contributed by atoms with E-state index in [0.717, 1.165) is 18.6 Å². The second kappa shape index (κ2) is 10.9. The average Bonchev–Trinajstić information content (AvgIpc) is 2.83. The van der Waals surface area contributed by atoms with Gasteiger partial charge in [0.2, 0.25) is 0 Å². The summed E-state index contributed by atoms with van der Waals surface area (Å²) in [6.07, 6.45) is 1.48. The van der Waals surface area contributed by atoms with Crippen molar-refractivity contribution >= 4 is 27.5 Å². The lowest BCUT2D eigenvalue weighted by Crippen LogP contribution is -2.32. The molecule has 33 heavy (non-hydrogen) atoms. The van der Waals surface area contributed by atoms with E-state index in [1.807, 2.05) is 6.92 Å². The summed E-state index contributed by atoms with van der Waals surface area (Å²) in [6, 6.07) is 19.2. The Morgan fingerprint density at radius 3 is 2.27 bits per heavy atom. The molecule has 0 aliphatic carbocycles. The molecule has 0 aliphatic rings. The number of sulfonamides is 1. The maximum absolute atomic E-state index is 13.4. The molecule has 8 heteroatoms. The van der Waals surface area contributed by atoms with Gasteiger partial charge in [0.25, 0.3) is 10.0 Å². The fraction of sp³-hybridized carbons (Fsp3) is 0.200. The molecule has 0 spiro atoms. The predicted molar refractivity (Wildman–Crippen MR) is 123 cm³/mol. The highest BCUT2D eigenvalue weighted by atomic mass is 32.2. The Balaban J connectivity index is 1.78. The summed E-state index contributed by atoms with van der Waals surface area (Å²) in [5.41, 5.74) is 0.741. The zero-order valence-electron chi connectivity index (χ0n) is 18.1. The van der Waals surface area contributed by atoms with E-state index in [0.29, 0.717) is 18.7 Å². The third-order valence-corrected chi connectivity index (χ3v) is 6.74. The molecule has 0 saturated heterocycles. The van der Waals surface area contributed by atoms with Crippen molar-refractivity contribution < 1.29 is 27.1 Å². The molecule has 0 bridgehead atoms. The third kappa shape index (κ3) is 6.04. The molecule has 0 aromatic heterocycles. The molecule has 3 rings (SSSR count). The fourth-order valence-electron chi connectivity index (χ4n) is 3.13. The van der Waals surface area contributed by atoms with Gasteiger partial charge in [-0.1, -0.05) is 37.6 Å². The zero-order chi connectivity index (χ0) is 23.8. The van der Waals surface area contributed by atoms with E-state index in [9.17, 15) is 22.4 Å². The van der Waals surface area contributed by atoms with Crippen molar-refractivity contribution in [2.45, 2.75) is 24.7 Å². The van der Waals surface area contributed by atoms with Gasteiger partial charge in [0.1, 0.15) is 5.82 Å². The molecule has 0 N–H and O–H groups in total. The van der Waals surface area contributed by atoms with Crippen LogP contribution in [0.5, 0.6) is 0 Å². The van der Waals surface area contributed by atoms with Crippen LogP contribution in [0.25, 0.3) is 0 Å². The highest BCUT2D eigenvalue weighted by Gasteiger charge is 2.25. The number of ketones is 1. The van der Waals surface area contributed by atoms with Crippen LogP contribution in [0.3, 0.4) is 0 Å². The van der Waals surface area contributed by atoms with Crippen molar-refractivity contribution in [3.63, 3.8) is 0 Å². The van der Waals surface area contributed by atoms with Crippen molar-refractivity contribution in [2.75, 3.05) is 17.5 Å². The Hall–Kier alpha value is -3.52. The minimum atomic E-state index is -3.94. The van der Waals surface area contributed by atoms with Crippen LogP contribution in [0, 0.1) is 5.82 Å². The standard InChI is InChI=1S/C25H24FNO5S/c1-2-3-16-27(22-9-5-4-6-10-22)33(30,31)23-11-7-8-20(17-23)25(29)32-18-24(28)19-12-14-21(26)15-13-19/h4-15,17H,2-3,16,18H2,1H3. The number of rotatable bonds is 10. The SMILES string of the molecule is CCCCN(c1ccccc1)S(=O)(=O)c1cccc(C(=O)OCC(=O)c2ccc(F)cc2)c1. The minimum absolute atomic E-state index is 0.00600. The Morgan fingerprint density at radius 1 is 0.909 bits per heavy atom. The van der Waals surface area contributed by atoms with Crippen LogP contribution in [0.1, 0.15) is 40.5 Å². The van der Waals surface area contributed by atoms with Crippen molar-refractivity contribution in [1.29, 1.82) is 0 Å². The topological polar surface area (TPSA) is 80.8 Å². The van der Waals surface area contributed by atoms with Crippen molar-refractivity contribution in [2.24, 2.45) is 0 Å². The molecular weight excluding hydrogens is 445 g/mol. The molecule has 0 fully saturated rings. The maximum atomic E-state index is 13.4. The molecule has 172 valence electrons. The number of para-hydroxylation sites is 1. The zero-order valence-corrected chi connectivity index (χ0v) is 18.9. The third-order valence-electron chi connectivity index (χ3n) is 4.92. The summed E-state index contributed by atoms with van der Waals surface area (Å²) in [5, 5.41) is 0. The molecule has 3 aromatic rings. The van der Waals surface area contributed by atoms with Crippen LogP contribution >= 0.6 is 0 Å². The van der Waals surface area contributed by atoms with Gasteiger partial charge in [0, 0.05) is 12.1 Å². The molecule has 0 heterocycles. The van der Waals surface area contributed by atoms with Gasteiger partial charge in [-0.3, -0.25) is 9.10 Å². The maximum Gasteiger partial charge on any atom is 0.338 e. The summed E-state index contributed by atoms with van der Waals surface area (Å²) in [5.74, 6) is -1.81. The molecule has 0 aliphatic heterocycles. The number of nitrogens with zero attached hydrogens (tertiary/aromatic N) is 1. The average molecular weight is 470 g/mol. The van der Waals surface area contributed by atoms with Gasteiger partial charge < -0.3 is 4.74 Å². The summed E-state index contributed by atoms with van der Waals surface area (Å²) in [6.45, 7) is 1.72. The van der Waals surface area contributed by atoms with Gasteiger partial charge in [0.05, 0.1) is 16.1 Å². The Kier molecular flexibility index (Phi) is 7.95. The van der Waals surface area contributed by atoms with Crippen LogP contribution in [0.4, 0.5) is 10.1 Å². The van der Waals surface area contributed by atoms with Crippen molar-refractivity contribution in [3.8, 4) is 0 Å². The molecule has 0 amide bonds. The lowest BCUT2D eigenvalue weighted by Gasteiger charge is -2.24. The van der Waals surface area contributed by atoms with E-state index >= 15 is 0 Å². The van der Waals surface area contributed by atoms with Gasteiger partial charge in [-0.15, -0.1) is 0 Å². The first-order valence-electron chi connectivity index (χ1n) is 10.5. The molecule has 0 radical (unpaired) electrons. The smallest absolute Gasteiger partial charge is 0.338 e. The summed E-state index contributed by atoms with van der Waals surface area (Å²) < 4.78 is 46.1. The number of ether oxygens (including phenoxy) is 1.